The molecule has 5 nitrogen and oxygen atoms in total. The van der Waals surface area contributed by atoms with Gasteiger partial charge in [0.05, 0.1) is 10.8 Å². The van der Waals surface area contributed by atoms with Crippen molar-refractivity contribution in [3.63, 3.8) is 0 Å². The van der Waals surface area contributed by atoms with E-state index >= 15 is 0 Å². The lowest BCUT2D eigenvalue weighted by Gasteiger charge is -2.02. The average Bonchev–Trinajstić information content (AvgIpc) is 3.20. The molecule has 0 aliphatic rings. The molecule has 2 aromatic heterocycles. The summed E-state index contributed by atoms with van der Waals surface area (Å²) in [6.45, 7) is 0. The summed E-state index contributed by atoms with van der Waals surface area (Å²) in [6, 6.07) is 23.0. The first-order valence-corrected chi connectivity index (χ1v) is 10.2. The molecule has 0 aliphatic heterocycles. The zero-order chi connectivity index (χ0) is 20.1. The second-order valence-electron chi connectivity index (χ2n) is 6.09. The number of halogens is 1. The summed E-state index contributed by atoms with van der Waals surface area (Å²) in [5, 5.41) is 3.67. The highest BCUT2D eigenvalue weighted by atomic mass is 35.5. The Morgan fingerprint density at radius 1 is 0.966 bits per heavy atom. The molecule has 29 heavy (non-hydrogen) atoms. The number of hydrogen-bond donors (Lipinski definition) is 1. The van der Waals surface area contributed by atoms with E-state index in [4.69, 9.17) is 16.0 Å². The number of nitrogens with one attached hydrogen (secondary N) is 1. The smallest absolute Gasteiger partial charge is 0.257 e. The predicted molar refractivity (Wildman–Crippen MR) is 116 cm³/mol. The van der Waals surface area contributed by atoms with Gasteiger partial charge in [-0.25, -0.2) is 9.97 Å². The van der Waals surface area contributed by atoms with Crippen LogP contribution in [0.2, 0.25) is 5.02 Å². The van der Waals surface area contributed by atoms with Gasteiger partial charge in [0.1, 0.15) is 11.5 Å². The standard InChI is InChI=1S/C22H16ClN3O2S/c23-17-11-12-18(24-13-17)25-19(27)14-29-22-26-20(15-7-3-1-4-8-15)21(28-22)16-9-5-2-6-10-16/h1-13H,14H2,(H,24,25,27). The van der Waals surface area contributed by atoms with Gasteiger partial charge in [-0.15, -0.1) is 0 Å². The van der Waals surface area contributed by atoms with Crippen LogP contribution in [0.1, 0.15) is 0 Å². The summed E-state index contributed by atoms with van der Waals surface area (Å²) in [4.78, 5) is 20.9. The quantitative estimate of drug-likeness (QED) is 0.399. The molecule has 0 radical (unpaired) electrons. The van der Waals surface area contributed by atoms with Gasteiger partial charge in [-0.2, -0.15) is 0 Å². The topological polar surface area (TPSA) is 68.0 Å². The summed E-state index contributed by atoms with van der Waals surface area (Å²) in [7, 11) is 0. The van der Waals surface area contributed by atoms with E-state index in [2.05, 4.69) is 15.3 Å². The molecule has 0 aliphatic carbocycles. The Morgan fingerprint density at radius 2 is 1.66 bits per heavy atom. The average molecular weight is 422 g/mol. The van der Waals surface area contributed by atoms with Crippen molar-refractivity contribution >= 4 is 35.1 Å². The van der Waals surface area contributed by atoms with Crippen molar-refractivity contribution in [3.05, 3.63) is 84.0 Å². The maximum atomic E-state index is 12.2. The van der Waals surface area contributed by atoms with E-state index in [0.29, 0.717) is 21.8 Å². The zero-order valence-corrected chi connectivity index (χ0v) is 16.8. The molecule has 144 valence electrons. The number of carbonyl (C=O) groups is 1. The monoisotopic (exact) mass is 421 g/mol. The number of oxazole rings is 1. The third-order valence-corrected chi connectivity index (χ3v) is 5.06. The maximum absolute atomic E-state index is 12.2. The predicted octanol–water partition coefficient (Wildman–Crippen LogP) is 5.79. The summed E-state index contributed by atoms with van der Waals surface area (Å²) < 4.78 is 6.01. The van der Waals surface area contributed by atoms with Crippen LogP contribution in [0, 0.1) is 0 Å². The molecular weight excluding hydrogens is 406 g/mol. The number of aromatic nitrogens is 2. The summed E-state index contributed by atoms with van der Waals surface area (Å²) in [5.41, 5.74) is 2.64. The van der Waals surface area contributed by atoms with Gasteiger partial charge in [0.2, 0.25) is 5.91 Å². The van der Waals surface area contributed by atoms with Crippen LogP contribution in [-0.4, -0.2) is 21.6 Å². The Kier molecular flexibility index (Phi) is 5.93. The normalized spacial score (nSPS) is 10.7. The molecule has 4 aromatic rings. The second-order valence-corrected chi connectivity index (χ2v) is 7.45. The van der Waals surface area contributed by atoms with E-state index in [-0.39, 0.29) is 11.7 Å². The van der Waals surface area contributed by atoms with Gasteiger partial charge in [0.15, 0.2) is 5.76 Å². The number of nitrogens with zero attached hydrogens (tertiary/aromatic N) is 2. The summed E-state index contributed by atoms with van der Waals surface area (Å²) in [5.74, 6) is 1.07. The van der Waals surface area contributed by atoms with Gasteiger partial charge in [0.25, 0.3) is 5.22 Å². The number of hydrogen-bond acceptors (Lipinski definition) is 5. The first kappa shape index (κ1) is 19.2. The Morgan fingerprint density at radius 3 is 2.31 bits per heavy atom. The third kappa shape index (κ3) is 4.85. The van der Waals surface area contributed by atoms with E-state index in [1.54, 1.807) is 12.1 Å². The molecule has 0 unspecified atom stereocenters. The molecule has 7 heteroatoms. The van der Waals surface area contributed by atoms with Crippen molar-refractivity contribution < 1.29 is 9.21 Å². The molecule has 0 bridgehead atoms. The lowest BCUT2D eigenvalue weighted by atomic mass is 10.1. The molecule has 0 atom stereocenters. The lowest BCUT2D eigenvalue weighted by Crippen LogP contribution is -2.14. The largest absolute Gasteiger partial charge is 0.431 e. The van der Waals surface area contributed by atoms with Crippen molar-refractivity contribution in [2.45, 2.75) is 5.22 Å². The van der Waals surface area contributed by atoms with E-state index < -0.39 is 0 Å². The zero-order valence-electron chi connectivity index (χ0n) is 15.2. The fraction of sp³-hybridized carbons (Fsp3) is 0.0455. The van der Waals surface area contributed by atoms with Crippen LogP contribution in [0.15, 0.2) is 88.6 Å². The van der Waals surface area contributed by atoms with Gasteiger partial charge >= 0.3 is 0 Å². The number of anilines is 1. The second kappa shape index (κ2) is 8.94. The molecule has 4 rings (SSSR count). The summed E-state index contributed by atoms with van der Waals surface area (Å²) in [6.07, 6.45) is 1.48. The van der Waals surface area contributed by atoms with Gasteiger partial charge in [-0.1, -0.05) is 84.0 Å². The van der Waals surface area contributed by atoms with Crippen molar-refractivity contribution in [1.82, 2.24) is 9.97 Å². The number of pyridine rings is 1. The molecule has 0 saturated carbocycles. The first-order valence-electron chi connectivity index (χ1n) is 8.85. The fourth-order valence-electron chi connectivity index (χ4n) is 2.70. The molecular formula is C22H16ClN3O2S. The Labute approximate surface area is 177 Å². The van der Waals surface area contributed by atoms with Crippen LogP contribution in [-0.2, 0) is 4.79 Å². The van der Waals surface area contributed by atoms with Crippen molar-refractivity contribution in [1.29, 1.82) is 0 Å². The number of thioether (sulfide) groups is 1. The Hall–Kier alpha value is -3.09. The minimum Gasteiger partial charge on any atom is -0.431 e. The van der Waals surface area contributed by atoms with Gasteiger partial charge in [-0.05, 0) is 12.1 Å². The van der Waals surface area contributed by atoms with Crippen LogP contribution >= 0.6 is 23.4 Å². The minimum atomic E-state index is -0.203. The van der Waals surface area contributed by atoms with E-state index in [0.717, 1.165) is 16.8 Å². The number of rotatable bonds is 6. The van der Waals surface area contributed by atoms with E-state index in [9.17, 15) is 4.79 Å². The fourth-order valence-corrected chi connectivity index (χ4v) is 3.43. The van der Waals surface area contributed by atoms with Crippen LogP contribution in [0.5, 0.6) is 0 Å². The third-order valence-electron chi connectivity index (χ3n) is 4.01. The van der Waals surface area contributed by atoms with Crippen molar-refractivity contribution in [2.75, 3.05) is 11.1 Å². The molecule has 0 spiro atoms. The highest BCUT2D eigenvalue weighted by molar-refractivity contribution is 7.99. The molecule has 0 fully saturated rings. The Balaban J connectivity index is 1.53. The van der Waals surface area contributed by atoms with Gasteiger partial charge in [0, 0.05) is 17.3 Å². The minimum absolute atomic E-state index is 0.146. The summed E-state index contributed by atoms with van der Waals surface area (Å²) >= 11 is 7.04. The molecule has 1 N–H and O–H groups in total. The molecule has 1 amide bonds. The number of carbonyl (C=O) groups excluding carboxylic acids is 1. The number of benzene rings is 2. The van der Waals surface area contributed by atoms with Crippen molar-refractivity contribution in [2.24, 2.45) is 0 Å². The van der Waals surface area contributed by atoms with Gasteiger partial charge in [-0.3, -0.25) is 4.79 Å². The first-order chi connectivity index (χ1) is 14.2. The lowest BCUT2D eigenvalue weighted by molar-refractivity contribution is -0.113. The highest BCUT2D eigenvalue weighted by Gasteiger charge is 2.18. The van der Waals surface area contributed by atoms with E-state index in [1.807, 2.05) is 60.7 Å². The van der Waals surface area contributed by atoms with Gasteiger partial charge < -0.3 is 9.73 Å². The molecule has 0 saturated heterocycles. The SMILES string of the molecule is O=C(CSc1nc(-c2ccccc2)c(-c2ccccc2)o1)Nc1ccc(Cl)cn1. The maximum Gasteiger partial charge on any atom is 0.257 e. The van der Waals surface area contributed by atoms with Crippen LogP contribution in [0.3, 0.4) is 0 Å². The van der Waals surface area contributed by atoms with Crippen LogP contribution < -0.4 is 5.32 Å². The van der Waals surface area contributed by atoms with Crippen LogP contribution in [0.4, 0.5) is 5.82 Å². The molecule has 2 aromatic carbocycles. The molecule has 2 heterocycles. The highest BCUT2D eigenvalue weighted by Crippen LogP contribution is 2.35. The van der Waals surface area contributed by atoms with Crippen molar-refractivity contribution in [3.8, 4) is 22.6 Å². The number of amides is 1. The van der Waals surface area contributed by atoms with E-state index in [1.165, 1.54) is 18.0 Å². The van der Waals surface area contributed by atoms with Crippen LogP contribution in [0.25, 0.3) is 22.6 Å². The Bertz CT molecular complexity index is 1040.